The average molecular weight is 283 g/mol. The normalized spacial score (nSPS) is 18.6. The van der Waals surface area contributed by atoms with E-state index in [2.05, 4.69) is 17.2 Å². The van der Waals surface area contributed by atoms with Crippen molar-refractivity contribution in [2.75, 3.05) is 13.2 Å². The lowest BCUT2D eigenvalue weighted by Crippen LogP contribution is -2.31. The summed E-state index contributed by atoms with van der Waals surface area (Å²) in [5.41, 5.74) is 2.79. The number of rotatable bonds is 4. The standard InChI is InChI=1S/C18H21NO2/c1-13-14(5-3-11-20)4-2-6-16(13)17(21)19-12-18(9-10-18)15-7-8-15/h2,4,6,15,20H,7-12H2,1H3,(H,19,21). The Hall–Kier alpha value is -1.79. The summed E-state index contributed by atoms with van der Waals surface area (Å²) in [7, 11) is 0. The highest BCUT2D eigenvalue weighted by Crippen LogP contribution is 2.60. The number of carbonyl (C=O) groups excluding carboxylic acids is 1. The first-order valence-corrected chi connectivity index (χ1v) is 7.64. The van der Waals surface area contributed by atoms with E-state index in [-0.39, 0.29) is 12.5 Å². The molecular weight excluding hydrogens is 262 g/mol. The molecule has 2 aliphatic carbocycles. The number of hydrogen-bond donors (Lipinski definition) is 2. The van der Waals surface area contributed by atoms with Crippen molar-refractivity contribution in [3.8, 4) is 11.8 Å². The first-order chi connectivity index (χ1) is 10.2. The van der Waals surface area contributed by atoms with Gasteiger partial charge in [-0.1, -0.05) is 17.9 Å². The van der Waals surface area contributed by atoms with Crippen molar-refractivity contribution in [2.24, 2.45) is 11.3 Å². The van der Waals surface area contributed by atoms with Crippen molar-refractivity contribution in [1.82, 2.24) is 5.32 Å². The van der Waals surface area contributed by atoms with Crippen molar-refractivity contribution in [3.63, 3.8) is 0 Å². The molecule has 3 rings (SSSR count). The monoisotopic (exact) mass is 283 g/mol. The van der Waals surface area contributed by atoms with E-state index in [0.29, 0.717) is 11.0 Å². The van der Waals surface area contributed by atoms with Crippen LogP contribution in [0.5, 0.6) is 0 Å². The number of aliphatic hydroxyl groups excluding tert-OH is 1. The zero-order chi connectivity index (χ0) is 14.9. The molecule has 1 aromatic rings. The van der Waals surface area contributed by atoms with Crippen molar-refractivity contribution < 1.29 is 9.90 Å². The van der Waals surface area contributed by atoms with E-state index in [0.717, 1.165) is 23.6 Å². The molecule has 0 spiro atoms. The molecule has 0 aliphatic heterocycles. The second kappa shape index (κ2) is 5.54. The molecule has 110 valence electrons. The van der Waals surface area contributed by atoms with Crippen LogP contribution < -0.4 is 5.32 Å². The SMILES string of the molecule is Cc1c(C#CCO)cccc1C(=O)NCC1(C2CC2)CC1. The fourth-order valence-corrected chi connectivity index (χ4v) is 3.09. The summed E-state index contributed by atoms with van der Waals surface area (Å²) in [4.78, 5) is 12.4. The molecule has 0 heterocycles. The van der Waals surface area contributed by atoms with Crippen LogP contribution in [0.3, 0.4) is 0 Å². The van der Waals surface area contributed by atoms with Gasteiger partial charge in [-0.2, -0.15) is 0 Å². The average Bonchev–Trinajstić information content (AvgIpc) is 3.37. The van der Waals surface area contributed by atoms with Gasteiger partial charge in [0.15, 0.2) is 0 Å². The summed E-state index contributed by atoms with van der Waals surface area (Å²) < 4.78 is 0. The van der Waals surface area contributed by atoms with Gasteiger partial charge >= 0.3 is 0 Å². The lowest BCUT2D eigenvalue weighted by molar-refractivity contribution is 0.0942. The molecule has 3 nitrogen and oxygen atoms in total. The maximum Gasteiger partial charge on any atom is 0.251 e. The molecule has 2 aliphatic rings. The summed E-state index contributed by atoms with van der Waals surface area (Å²) in [6, 6.07) is 5.56. The van der Waals surface area contributed by atoms with E-state index in [1.807, 2.05) is 25.1 Å². The Bertz CT molecular complexity index is 616. The largest absolute Gasteiger partial charge is 0.384 e. The quantitative estimate of drug-likeness (QED) is 0.833. The van der Waals surface area contributed by atoms with E-state index in [1.165, 1.54) is 25.7 Å². The van der Waals surface area contributed by atoms with Gasteiger partial charge in [-0.15, -0.1) is 0 Å². The zero-order valence-electron chi connectivity index (χ0n) is 12.4. The molecule has 1 amide bonds. The van der Waals surface area contributed by atoms with Crippen LogP contribution in [0.25, 0.3) is 0 Å². The molecule has 0 saturated heterocycles. The van der Waals surface area contributed by atoms with Crippen LogP contribution in [0.1, 0.15) is 47.2 Å². The predicted octanol–water partition coefficient (Wildman–Crippen LogP) is 2.26. The molecule has 21 heavy (non-hydrogen) atoms. The van der Waals surface area contributed by atoms with Gasteiger partial charge < -0.3 is 10.4 Å². The molecule has 0 radical (unpaired) electrons. The Labute approximate surface area is 125 Å². The van der Waals surface area contributed by atoms with E-state index in [1.54, 1.807) is 0 Å². The summed E-state index contributed by atoms with van der Waals surface area (Å²) >= 11 is 0. The molecule has 2 N–H and O–H groups in total. The van der Waals surface area contributed by atoms with Gasteiger partial charge in [0.25, 0.3) is 5.91 Å². The first-order valence-electron chi connectivity index (χ1n) is 7.64. The number of nitrogens with one attached hydrogen (secondary N) is 1. The fraction of sp³-hybridized carbons (Fsp3) is 0.500. The third-order valence-corrected chi connectivity index (χ3v) is 4.82. The second-order valence-electron chi connectivity index (χ2n) is 6.26. The smallest absolute Gasteiger partial charge is 0.251 e. The summed E-state index contributed by atoms with van der Waals surface area (Å²) in [5.74, 6) is 6.37. The predicted molar refractivity (Wildman–Crippen MR) is 81.9 cm³/mol. The highest BCUT2D eigenvalue weighted by atomic mass is 16.2. The van der Waals surface area contributed by atoms with Gasteiger partial charge in [-0.05, 0) is 61.6 Å². The van der Waals surface area contributed by atoms with Crippen LogP contribution in [0.4, 0.5) is 0 Å². The lowest BCUT2D eigenvalue weighted by Gasteiger charge is -2.16. The van der Waals surface area contributed by atoms with Crippen LogP contribution in [0.15, 0.2) is 18.2 Å². The van der Waals surface area contributed by atoms with Crippen LogP contribution in [-0.4, -0.2) is 24.2 Å². The van der Waals surface area contributed by atoms with E-state index < -0.39 is 0 Å². The Kier molecular flexibility index (Phi) is 3.73. The second-order valence-corrected chi connectivity index (χ2v) is 6.26. The number of hydrogen-bond acceptors (Lipinski definition) is 2. The summed E-state index contributed by atoms with van der Waals surface area (Å²) in [6.45, 7) is 2.55. The molecule has 0 unspecified atom stereocenters. The van der Waals surface area contributed by atoms with Gasteiger partial charge in [0.05, 0.1) is 0 Å². The van der Waals surface area contributed by atoms with Crippen molar-refractivity contribution in [2.45, 2.75) is 32.6 Å². The van der Waals surface area contributed by atoms with Gasteiger partial charge in [-0.3, -0.25) is 4.79 Å². The lowest BCUT2D eigenvalue weighted by atomic mass is 9.99. The minimum atomic E-state index is -0.167. The molecule has 0 bridgehead atoms. The number of aliphatic hydroxyl groups is 1. The maximum absolute atomic E-state index is 12.4. The van der Waals surface area contributed by atoms with Gasteiger partial charge in [0.1, 0.15) is 6.61 Å². The minimum absolute atomic E-state index is 0.00734. The van der Waals surface area contributed by atoms with Gasteiger partial charge in [-0.25, -0.2) is 0 Å². The van der Waals surface area contributed by atoms with Gasteiger partial charge in [0.2, 0.25) is 0 Å². The molecule has 0 aromatic heterocycles. The van der Waals surface area contributed by atoms with Crippen LogP contribution in [-0.2, 0) is 0 Å². The minimum Gasteiger partial charge on any atom is -0.384 e. The highest BCUT2D eigenvalue weighted by molar-refractivity contribution is 5.96. The molecule has 2 fully saturated rings. The van der Waals surface area contributed by atoms with Crippen molar-refractivity contribution in [1.29, 1.82) is 0 Å². The number of carbonyl (C=O) groups is 1. The zero-order valence-corrected chi connectivity index (χ0v) is 12.4. The number of amides is 1. The fourth-order valence-electron chi connectivity index (χ4n) is 3.09. The summed E-state index contributed by atoms with van der Waals surface area (Å²) in [5, 5.41) is 11.9. The molecular formula is C18H21NO2. The molecule has 0 atom stereocenters. The van der Waals surface area contributed by atoms with Crippen LogP contribution in [0, 0.1) is 30.1 Å². The third-order valence-electron chi connectivity index (χ3n) is 4.82. The number of benzene rings is 1. The van der Waals surface area contributed by atoms with E-state index >= 15 is 0 Å². The van der Waals surface area contributed by atoms with Crippen LogP contribution >= 0.6 is 0 Å². The Morgan fingerprint density at radius 2 is 2.19 bits per heavy atom. The van der Waals surface area contributed by atoms with Crippen molar-refractivity contribution >= 4 is 5.91 Å². The Morgan fingerprint density at radius 3 is 2.81 bits per heavy atom. The van der Waals surface area contributed by atoms with Gasteiger partial charge in [0, 0.05) is 17.7 Å². The van der Waals surface area contributed by atoms with Crippen LogP contribution in [0.2, 0.25) is 0 Å². The van der Waals surface area contributed by atoms with E-state index in [9.17, 15) is 4.79 Å². The summed E-state index contributed by atoms with van der Waals surface area (Å²) in [6.07, 6.45) is 5.19. The van der Waals surface area contributed by atoms with E-state index in [4.69, 9.17) is 5.11 Å². The topological polar surface area (TPSA) is 49.3 Å². The van der Waals surface area contributed by atoms with Crippen molar-refractivity contribution in [3.05, 3.63) is 34.9 Å². The first kappa shape index (κ1) is 14.2. The Balaban J connectivity index is 1.69. The molecule has 3 heteroatoms. The molecule has 1 aromatic carbocycles. The Morgan fingerprint density at radius 1 is 1.43 bits per heavy atom. The highest BCUT2D eigenvalue weighted by Gasteiger charge is 2.53. The molecule has 2 saturated carbocycles. The third kappa shape index (κ3) is 2.96. The maximum atomic E-state index is 12.4.